The Hall–Kier alpha value is -0.940. The fourth-order valence-corrected chi connectivity index (χ4v) is 2.81. The van der Waals surface area contributed by atoms with Gasteiger partial charge in [-0.25, -0.2) is 17.5 Å². The molecule has 0 saturated heterocycles. The average Bonchev–Trinajstić information content (AvgIpc) is 2.27. The Balaban J connectivity index is 3.12. The molecule has 1 rings (SSSR count). The third kappa shape index (κ3) is 4.28. The molecule has 0 amide bonds. The van der Waals surface area contributed by atoms with Crippen molar-refractivity contribution in [3.8, 4) is 0 Å². The zero-order valence-corrected chi connectivity index (χ0v) is 12.8. The number of halogens is 1. The van der Waals surface area contributed by atoms with E-state index in [9.17, 15) is 12.8 Å². The molecule has 0 saturated carbocycles. The Morgan fingerprint density at radius 3 is 2.42 bits per heavy atom. The van der Waals surface area contributed by atoms with Crippen LogP contribution in [0.3, 0.4) is 0 Å². The van der Waals surface area contributed by atoms with Crippen molar-refractivity contribution in [2.45, 2.75) is 50.8 Å². The van der Waals surface area contributed by atoms with Gasteiger partial charge in [-0.15, -0.1) is 0 Å². The average molecular weight is 287 g/mol. The zero-order valence-electron chi connectivity index (χ0n) is 12.0. The van der Waals surface area contributed by atoms with Crippen LogP contribution in [0, 0.1) is 5.82 Å². The second-order valence-electron chi connectivity index (χ2n) is 5.65. The van der Waals surface area contributed by atoms with E-state index < -0.39 is 15.8 Å². The van der Waals surface area contributed by atoms with Crippen molar-refractivity contribution in [1.29, 1.82) is 0 Å². The van der Waals surface area contributed by atoms with Crippen molar-refractivity contribution in [3.63, 3.8) is 0 Å². The number of unbranched alkanes of at least 4 members (excludes halogenated alkanes) is 1. The first-order chi connectivity index (χ1) is 8.68. The summed E-state index contributed by atoms with van der Waals surface area (Å²) in [5.41, 5.74) is 0.575. The van der Waals surface area contributed by atoms with Crippen molar-refractivity contribution in [3.05, 3.63) is 29.6 Å². The highest BCUT2D eigenvalue weighted by molar-refractivity contribution is 7.89. The lowest BCUT2D eigenvalue weighted by Gasteiger charge is -2.20. The predicted octanol–water partition coefficient (Wildman–Crippen LogP) is 3.20. The van der Waals surface area contributed by atoms with Crippen LogP contribution in [0.4, 0.5) is 4.39 Å². The topological polar surface area (TPSA) is 46.2 Å². The molecular weight excluding hydrogens is 265 g/mol. The van der Waals surface area contributed by atoms with Gasteiger partial charge in [-0.05, 0) is 29.5 Å². The fourth-order valence-electron chi connectivity index (χ4n) is 1.64. The van der Waals surface area contributed by atoms with Gasteiger partial charge < -0.3 is 0 Å². The van der Waals surface area contributed by atoms with Crippen LogP contribution in [0.1, 0.15) is 46.1 Å². The molecule has 1 aromatic rings. The number of sulfonamides is 1. The van der Waals surface area contributed by atoms with Gasteiger partial charge in [-0.3, -0.25) is 0 Å². The van der Waals surface area contributed by atoms with Crippen LogP contribution < -0.4 is 4.72 Å². The monoisotopic (exact) mass is 287 g/mol. The van der Waals surface area contributed by atoms with E-state index >= 15 is 0 Å². The number of rotatable bonds is 5. The maximum atomic E-state index is 13.7. The second-order valence-corrected chi connectivity index (χ2v) is 7.38. The van der Waals surface area contributed by atoms with Crippen molar-refractivity contribution in [2.24, 2.45) is 0 Å². The van der Waals surface area contributed by atoms with Gasteiger partial charge in [-0.2, -0.15) is 0 Å². The van der Waals surface area contributed by atoms with E-state index in [0.29, 0.717) is 6.54 Å². The largest absolute Gasteiger partial charge is 0.243 e. The molecule has 0 fully saturated rings. The fraction of sp³-hybridized carbons (Fsp3) is 0.571. The standard InChI is InChI=1S/C14H22FNO2S/c1-5-6-9-16-19(17,18)13-10-11(14(2,3)4)7-8-12(13)15/h7-8,10,16H,5-6,9H2,1-4H3. The lowest BCUT2D eigenvalue weighted by molar-refractivity contribution is 0.546. The first kappa shape index (κ1) is 16.1. The minimum Gasteiger partial charge on any atom is -0.211 e. The second kappa shape index (κ2) is 6.01. The van der Waals surface area contributed by atoms with Crippen LogP contribution in [0.15, 0.2) is 23.1 Å². The molecular formula is C14H22FNO2S. The number of benzene rings is 1. The minimum atomic E-state index is -3.77. The molecule has 108 valence electrons. The van der Waals surface area contributed by atoms with Crippen LogP contribution in [0.25, 0.3) is 0 Å². The molecule has 0 bridgehead atoms. The molecule has 19 heavy (non-hydrogen) atoms. The SMILES string of the molecule is CCCCNS(=O)(=O)c1cc(C(C)(C)C)ccc1F. The van der Waals surface area contributed by atoms with Crippen LogP contribution >= 0.6 is 0 Å². The normalized spacial score (nSPS) is 12.7. The van der Waals surface area contributed by atoms with E-state index in [1.54, 1.807) is 6.07 Å². The lowest BCUT2D eigenvalue weighted by atomic mass is 9.87. The lowest BCUT2D eigenvalue weighted by Crippen LogP contribution is -2.26. The Labute approximate surface area is 115 Å². The summed E-state index contributed by atoms with van der Waals surface area (Å²) in [6.07, 6.45) is 1.62. The Kier molecular flexibility index (Phi) is 5.10. The van der Waals surface area contributed by atoms with Crippen LogP contribution in [-0.2, 0) is 15.4 Å². The van der Waals surface area contributed by atoms with E-state index in [1.165, 1.54) is 12.1 Å². The van der Waals surface area contributed by atoms with Crippen molar-refractivity contribution in [2.75, 3.05) is 6.54 Å². The van der Waals surface area contributed by atoms with Crippen molar-refractivity contribution in [1.82, 2.24) is 4.72 Å². The molecule has 3 nitrogen and oxygen atoms in total. The zero-order chi connectivity index (χ0) is 14.7. The van der Waals surface area contributed by atoms with Crippen LogP contribution in [0.5, 0.6) is 0 Å². The molecule has 0 heterocycles. The summed E-state index contributed by atoms with van der Waals surface area (Å²) in [5, 5.41) is 0. The molecule has 0 aliphatic heterocycles. The summed E-state index contributed by atoms with van der Waals surface area (Å²) in [7, 11) is -3.77. The van der Waals surface area contributed by atoms with Gasteiger partial charge in [-0.1, -0.05) is 40.2 Å². The van der Waals surface area contributed by atoms with Gasteiger partial charge in [0.25, 0.3) is 0 Å². The van der Waals surface area contributed by atoms with Gasteiger partial charge >= 0.3 is 0 Å². The smallest absolute Gasteiger partial charge is 0.211 e. The van der Waals surface area contributed by atoms with Crippen LogP contribution in [-0.4, -0.2) is 15.0 Å². The molecule has 0 aliphatic carbocycles. The van der Waals surface area contributed by atoms with E-state index in [1.807, 2.05) is 27.7 Å². The molecule has 0 aromatic heterocycles. The molecule has 0 aliphatic rings. The first-order valence-corrected chi connectivity index (χ1v) is 7.96. The number of hydrogen-bond donors (Lipinski definition) is 1. The Morgan fingerprint density at radius 1 is 1.26 bits per heavy atom. The van der Waals surface area contributed by atoms with Crippen molar-refractivity contribution < 1.29 is 12.8 Å². The molecule has 1 aromatic carbocycles. The molecule has 0 unspecified atom stereocenters. The van der Waals surface area contributed by atoms with E-state index in [4.69, 9.17) is 0 Å². The number of hydrogen-bond acceptors (Lipinski definition) is 2. The molecule has 0 atom stereocenters. The summed E-state index contributed by atoms with van der Waals surface area (Å²) in [6.45, 7) is 8.18. The summed E-state index contributed by atoms with van der Waals surface area (Å²) in [5.74, 6) is -0.711. The highest BCUT2D eigenvalue weighted by atomic mass is 32.2. The summed E-state index contributed by atoms with van der Waals surface area (Å²) < 4.78 is 40.3. The van der Waals surface area contributed by atoms with E-state index in [-0.39, 0.29) is 10.3 Å². The van der Waals surface area contributed by atoms with Gasteiger partial charge in [0.05, 0.1) is 0 Å². The molecule has 0 spiro atoms. The molecule has 0 radical (unpaired) electrons. The molecule has 1 N–H and O–H groups in total. The maximum Gasteiger partial charge on any atom is 0.243 e. The summed E-state index contributed by atoms with van der Waals surface area (Å²) in [4.78, 5) is -0.268. The highest BCUT2D eigenvalue weighted by Crippen LogP contribution is 2.26. The number of nitrogens with one attached hydrogen (secondary N) is 1. The maximum absolute atomic E-state index is 13.7. The Morgan fingerprint density at radius 2 is 1.89 bits per heavy atom. The third-order valence-corrected chi connectivity index (χ3v) is 4.39. The van der Waals surface area contributed by atoms with Gasteiger partial charge in [0.2, 0.25) is 10.0 Å². The third-order valence-electron chi connectivity index (χ3n) is 2.91. The summed E-state index contributed by atoms with van der Waals surface area (Å²) >= 11 is 0. The van der Waals surface area contributed by atoms with Crippen molar-refractivity contribution >= 4 is 10.0 Å². The summed E-state index contributed by atoms with van der Waals surface area (Å²) in [6, 6.07) is 4.26. The van der Waals surface area contributed by atoms with Gasteiger partial charge in [0.1, 0.15) is 10.7 Å². The first-order valence-electron chi connectivity index (χ1n) is 6.48. The minimum absolute atomic E-state index is 0.221. The Bertz CT molecular complexity index is 533. The van der Waals surface area contributed by atoms with Gasteiger partial charge in [0, 0.05) is 6.54 Å². The highest BCUT2D eigenvalue weighted by Gasteiger charge is 2.22. The predicted molar refractivity (Wildman–Crippen MR) is 75.2 cm³/mol. The van der Waals surface area contributed by atoms with E-state index in [0.717, 1.165) is 18.4 Å². The molecule has 5 heteroatoms. The van der Waals surface area contributed by atoms with E-state index in [2.05, 4.69) is 4.72 Å². The van der Waals surface area contributed by atoms with Crippen LogP contribution in [0.2, 0.25) is 0 Å². The quantitative estimate of drug-likeness (QED) is 0.845. The van der Waals surface area contributed by atoms with Gasteiger partial charge in [0.15, 0.2) is 0 Å².